The minimum atomic E-state index is -0.470. The van der Waals surface area contributed by atoms with Crippen LogP contribution in [0, 0.1) is 10.1 Å². The molecule has 108 valence electrons. The number of aryl methyl sites for hydroxylation is 1. The zero-order chi connectivity index (χ0) is 15.2. The zero-order valence-electron chi connectivity index (χ0n) is 11.1. The third-order valence-corrected chi connectivity index (χ3v) is 3.76. The van der Waals surface area contributed by atoms with Crippen molar-refractivity contribution in [1.29, 1.82) is 0 Å². The Balaban J connectivity index is 1.86. The number of amides is 1. The quantitative estimate of drug-likeness (QED) is 0.502. The highest BCUT2D eigenvalue weighted by Crippen LogP contribution is 2.19. The van der Waals surface area contributed by atoms with E-state index < -0.39 is 10.8 Å². The van der Waals surface area contributed by atoms with Crippen LogP contribution in [-0.4, -0.2) is 21.6 Å². The average Bonchev–Trinajstić information content (AvgIpc) is 2.48. The molecule has 1 aromatic carbocycles. The van der Waals surface area contributed by atoms with E-state index in [0.717, 1.165) is 22.8 Å². The third-order valence-electron chi connectivity index (χ3n) is 2.81. The molecule has 0 saturated carbocycles. The minimum Gasteiger partial charge on any atom is -0.366 e. The predicted octanol–water partition coefficient (Wildman–Crippen LogP) is 2.42. The number of nitrogens with two attached hydrogens (primary N) is 1. The Morgan fingerprint density at radius 2 is 1.95 bits per heavy atom. The van der Waals surface area contributed by atoms with E-state index in [2.05, 4.69) is 4.98 Å². The fraction of sp³-hybridized carbons (Fsp3) is 0.143. The number of nitrogens with zero attached hydrogens (tertiary/aromatic N) is 2. The molecule has 21 heavy (non-hydrogen) atoms. The van der Waals surface area contributed by atoms with Crippen LogP contribution in [0.1, 0.15) is 15.9 Å². The van der Waals surface area contributed by atoms with Crippen LogP contribution in [-0.2, 0) is 6.42 Å². The van der Waals surface area contributed by atoms with Crippen LogP contribution >= 0.6 is 11.8 Å². The van der Waals surface area contributed by atoms with Gasteiger partial charge in [-0.2, -0.15) is 0 Å². The van der Waals surface area contributed by atoms with Gasteiger partial charge < -0.3 is 5.73 Å². The number of hydrogen-bond acceptors (Lipinski definition) is 5. The molecule has 0 fully saturated rings. The number of carbonyl (C=O) groups is 1. The minimum absolute atomic E-state index is 0.0126. The summed E-state index contributed by atoms with van der Waals surface area (Å²) in [6.45, 7) is 0. The van der Waals surface area contributed by atoms with Crippen LogP contribution in [0.15, 0.2) is 47.6 Å². The number of aromatic nitrogens is 1. The first-order valence-electron chi connectivity index (χ1n) is 6.18. The molecule has 0 atom stereocenters. The van der Waals surface area contributed by atoms with Crippen molar-refractivity contribution in [3.63, 3.8) is 0 Å². The Morgan fingerprint density at radius 3 is 2.48 bits per heavy atom. The van der Waals surface area contributed by atoms with Gasteiger partial charge in [-0.1, -0.05) is 12.1 Å². The normalized spacial score (nSPS) is 10.3. The molecule has 0 saturated heterocycles. The molecule has 0 aliphatic rings. The third kappa shape index (κ3) is 4.28. The second kappa shape index (κ2) is 6.85. The van der Waals surface area contributed by atoms with Gasteiger partial charge in [0.1, 0.15) is 6.20 Å². The number of benzene rings is 1. The number of hydrogen-bond donors (Lipinski definition) is 1. The van der Waals surface area contributed by atoms with Crippen LogP contribution in [0.2, 0.25) is 0 Å². The van der Waals surface area contributed by atoms with Gasteiger partial charge in [-0.15, -0.1) is 11.8 Å². The molecule has 0 bridgehead atoms. The highest BCUT2D eigenvalue weighted by Gasteiger charge is 2.05. The van der Waals surface area contributed by atoms with Gasteiger partial charge in [0.05, 0.1) is 9.95 Å². The summed E-state index contributed by atoms with van der Waals surface area (Å²) >= 11 is 1.52. The molecular weight excluding hydrogens is 290 g/mol. The predicted molar refractivity (Wildman–Crippen MR) is 80.3 cm³/mol. The average molecular weight is 303 g/mol. The summed E-state index contributed by atoms with van der Waals surface area (Å²) in [5.74, 6) is 0.354. The van der Waals surface area contributed by atoms with Crippen molar-refractivity contribution >= 4 is 23.4 Å². The van der Waals surface area contributed by atoms with Gasteiger partial charge in [0.15, 0.2) is 0 Å². The SMILES string of the molecule is NC(=O)c1ccc(CCSc2ccc([N+](=O)[O-])cn2)cc1. The maximum Gasteiger partial charge on any atom is 0.287 e. The van der Waals surface area contributed by atoms with Gasteiger partial charge in [-0.25, -0.2) is 4.98 Å². The fourth-order valence-corrected chi connectivity index (χ4v) is 2.51. The largest absolute Gasteiger partial charge is 0.366 e. The molecule has 0 aliphatic carbocycles. The van der Waals surface area contributed by atoms with Crippen molar-refractivity contribution in [3.05, 3.63) is 63.8 Å². The lowest BCUT2D eigenvalue weighted by atomic mass is 10.1. The fourth-order valence-electron chi connectivity index (χ4n) is 1.67. The first kappa shape index (κ1) is 15.0. The van der Waals surface area contributed by atoms with E-state index in [0.29, 0.717) is 5.56 Å². The maximum absolute atomic E-state index is 10.9. The van der Waals surface area contributed by atoms with Gasteiger partial charge >= 0.3 is 0 Å². The monoisotopic (exact) mass is 303 g/mol. The standard InChI is InChI=1S/C14H13N3O3S/c15-14(18)11-3-1-10(2-4-11)7-8-21-13-6-5-12(9-16-13)17(19)20/h1-6,9H,7-8H2,(H2,15,18). The van der Waals surface area contributed by atoms with E-state index in [-0.39, 0.29) is 5.69 Å². The van der Waals surface area contributed by atoms with Gasteiger partial charge in [-0.3, -0.25) is 14.9 Å². The molecule has 0 radical (unpaired) electrons. The Bertz CT molecular complexity index is 584. The second-order valence-electron chi connectivity index (χ2n) is 4.27. The summed E-state index contributed by atoms with van der Waals surface area (Å²) in [4.78, 5) is 25.0. The van der Waals surface area contributed by atoms with Crippen LogP contribution in [0.5, 0.6) is 0 Å². The summed E-state index contributed by atoms with van der Waals surface area (Å²) < 4.78 is 0. The van der Waals surface area contributed by atoms with Crippen LogP contribution in [0.3, 0.4) is 0 Å². The molecule has 1 amide bonds. The number of carbonyl (C=O) groups excluding carboxylic acids is 1. The second-order valence-corrected chi connectivity index (χ2v) is 5.39. The maximum atomic E-state index is 10.9. The number of nitro groups is 1. The Kier molecular flexibility index (Phi) is 4.89. The smallest absolute Gasteiger partial charge is 0.287 e. The van der Waals surface area contributed by atoms with Crippen molar-refractivity contribution in [1.82, 2.24) is 4.98 Å². The molecule has 6 nitrogen and oxygen atoms in total. The van der Waals surface area contributed by atoms with E-state index in [1.54, 1.807) is 18.2 Å². The van der Waals surface area contributed by atoms with E-state index >= 15 is 0 Å². The highest BCUT2D eigenvalue weighted by molar-refractivity contribution is 7.99. The van der Waals surface area contributed by atoms with Crippen LogP contribution in [0.4, 0.5) is 5.69 Å². The molecule has 1 heterocycles. The van der Waals surface area contributed by atoms with Crippen molar-refractivity contribution in [3.8, 4) is 0 Å². The molecule has 0 aliphatic heterocycles. The van der Waals surface area contributed by atoms with E-state index in [4.69, 9.17) is 5.73 Å². The summed E-state index contributed by atoms with van der Waals surface area (Å²) in [5.41, 5.74) is 6.74. The summed E-state index contributed by atoms with van der Waals surface area (Å²) in [7, 11) is 0. The highest BCUT2D eigenvalue weighted by atomic mass is 32.2. The van der Waals surface area contributed by atoms with E-state index in [1.807, 2.05) is 12.1 Å². The topological polar surface area (TPSA) is 99.1 Å². The first-order valence-corrected chi connectivity index (χ1v) is 7.17. The van der Waals surface area contributed by atoms with Crippen molar-refractivity contribution in [2.45, 2.75) is 11.4 Å². The van der Waals surface area contributed by atoms with Crippen molar-refractivity contribution < 1.29 is 9.72 Å². The Labute approximate surface area is 125 Å². The number of thioether (sulfide) groups is 1. The summed E-state index contributed by atoms with van der Waals surface area (Å²) in [6.07, 6.45) is 2.06. The molecule has 2 aromatic rings. The van der Waals surface area contributed by atoms with Gasteiger partial charge in [0.2, 0.25) is 5.91 Å². The Hall–Kier alpha value is -2.41. The van der Waals surface area contributed by atoms with E-state index in [1.165, 1.54) is 24.0 Å². The molecule has 7 heteroatoms. The number of rotatable bonds is 6. The molecule has 2 N–H and O–H groups in total. The number of pyridine rings is 1. The van der Waals surface area contributed by atoms with Gasteiger partial charge in [-0.05, 0) is 30.2 Å². The molecular formula is C14H13N3O3S. The first-order chi connectivity index (χ1) is 10.1. The molecule has 2 rings (SSSR count). The van der Waals surface area contributed by atoms with E-state index in [9.17, 15) is 14.9 Å². The van der Waals surface area contributed by atoms with Crippen LogP contribution in [0.25, 0.3) is 0 Å². The summed E-state index contributed by atoms with van der Waals surface area (Å²) in [6, 6.07) is 10.2. The molecule has 0 unspecified atom stereocenters. The molecule has 0 spiro atoms. The van der Waals surface area contributed by atoms with Crippen molar-refractivity contribution in [2.75, 3.05) is 5.75 Å². The Morgan fingerprint density at radius 1 is 1.24 bits per heavy atom. The lowest BCUT2D eigenvalue weighted by Gasteiger charge is -2.02. The summed E-state index contributed by atoms with van der Waals surface area (Å²) in [5, 5.41) is 11.3. The van der Waals surface area contributed by atoms with Crippen molar-refractivity contribution in [2.24, 2.45) is 5.73 Å². The van der Waals surface area contributed by atoms with Gasteiger partial charge in [0.25, 0.3) is 5.69 Å². The molecule has 1 aromatic heterocycles. The van der Waals surface area contributed by atoms with Gasteiger partial charge in [0, 0.05) is 17.4 Å². The lowest BCUT2D eigenvalue weighted by molar-refractivity contribution is -0.385. The van der Waals surface area contributed by atoms with Crippen LogP contribution < -0.4 is 5.73 Å². The lowest BCUT2D eigenvalue weighted by Crippen LogP contribution is -2.10. The number of primary amides is 1. The zero-order valence-corrected chi connectivity index (χ0v) is 11.9.